The minimum Gasteiger partial charge on any atom is -0.316 e. The van der Waals surface area contributed by atoms with Gasteiger partial charge in [0.25, 0.3) is 0 Å². The van der Waals surface area contributed by atoms with Crippen LogP contribution in [0.15, 0.2) is 0 Å². The SMILES string of the molecule is CCCCCC[C@@H](N)C#N. The zero-order chi connectivity index (χ0) is 7.82. The van der Waals surface area contributed by atoms with Crippen LogP contribution in [-0.2, 0) is 0 Å². The van der Waals surface area contributed by atoms with Crippen molar-refractivity contribution in [1.82, 2.24) is 0 Å². The van der Waals surface area contributed by atoms with Gasteiger partial charge in [-0.05, 0) is 6.42 Å². The molecule has 0 saturated heterocycles. The number of hydrogen-bond donors (Lipinski definition) is 1. The third-order valence-corrected chi connectivity index (χ3v) is 1.53. The number of unbranched alkanes of at least 4 members (excludes halogenated alkanes) is 3. The van der Waals surface area contributed by atoms with Gasteiger partial charge >= 0.3 is 0 Å². The number of nitrogens with two attached hydrogens (primary N) is 1. The van der Waals surface area contributed by atoms with Gasteiger partial charge in [-0.15, -0.1) is 0 Å². The molecule has 2 heteroatoms. The van der Waals surface area contributed by atoms with Crippen LogP contribution >= 0.6 is 0 Å². The molecule has 0 aromatic carbocycles. The van der Waals surface area contributed by atoms with E-state index < -0.39 is 0 Å². The highest BCUT2D eigenvalue weighted by molar-refractivity contribution is 4.85. The van der Waals surface area contributed by atoms with Gasteiger partial charge in [0.15, 0.2) is 0 Å². The maximum absolute atomic E-state index is 8.32. The average Bonchev–Trinajstić information content (AvgIpc) is 1.98. The summed E-state index contributed by atoms with van der Waals surface area (Å²) < 4.78 is 0. The summed E-state index contributed by atoms with van der Waals surface area (Å²) in [5, 5.41) is 8.32. The van der Waals surface area contributed by atoms with Gasteiger partial charge in [0.05, 0.1) is 12.1 Å². The third kappa shape index (κ3) is 5.58. The van der Waals surface area contributed by atoms with Crippen LogP contribution in [0, 0.1) is 11.3 Å². The second-order valence-corrected chi connectivity index (χ2v) is 2.58. The summed E-state index contributed by atoms with van der Waals surface area (Å²) in [4.78, 5) is 0. The summed E-state index contributed by atoms with van der Waals surface area (Å²) in [7, 11) is 0. The molecule has 10 heavy (non-hydrogen) atoms. The largest absolute Gasteiger partial charge is 0.316 e. The Morgan fingerprint density at radius 2 is 2.10 bits per heavy atom. The molecule has 0 fully saturated rings. The second-order valence-electron chi connectivity index (χ2n) is 2.58. The standard InChI is InChI=1S/C8H16N2/c1-2-3-4-5-6-8(10)7-9/h8H,2-6,10H2,1H3/t8-/m1/s1. The van der Waals surface area contributed by atoms with Gasteiger partial charge in [-0.25, -0.2) is 0 Å². The van der Waals surface area contributed by atoms with Crippen LogP contribution in [-0.4, -0.2) is 6.04 Å². The number of nitriles is 1. The molecule has 0 amide bonds. The highest BCUT2D eigenvalue weighted by Gasteiger charge is 1.97. The monoisotopic (exact) mass is 140 g/mol. The Morgan fingerprint density at radius 3 is 2.60 bits per heavy atom. The smallest absolute Gasteiger partial charge is 0.0928 e. The second kappa shape index (κ2) is 6.57. The fraction of sp³-hybridized carbons (Fsp3) is 0.875. The van der Waals surface area contributed by atoms with Gasteiger partial charge in [0.2, 0.25) is 0 Å². The maximum Gasteiger partial charge on any atom is 0.0928 e. The minimum atomic E-state index is -0.239. The number of rotatable bonds is 5. The van der Waals surface area contributed by atoms with E-state index in [1.54, 1.807) is 0 Å². The maximum atomic E-state index is 8.32. The lowest BCUT2D eigenvalue weighted by Crippen LogP contribution is -2.16. The van der Waals surface area contributed by atoms with Gasteiger partial charge in [0, 0.05) is 0 Å². The average molecular weight is 140 g/mol. The van der Waals surface area contributed by atoms with Crippen molar-refractivity contribution in [3.8, 4) is 6.07 Å². The van der Waals surface area contributed by atoms with Crippen molar-refractivity contribution >= 4 is 0 Å². The lowest BCUT2D eigenvalue weighted by molar-refractivity contribution is 0.604. The van der Waals surface area contributed by atoms with Crippen LogP contribution < -0.4 is 5.73 Å². The van der Waals surface area contributed by atoms with Crippen LogP contribution in [0.4, 0.5) is 0 Å². The molecule has 58 valence electrons. The molecule has 2 nitrogen and oxygen atoms in total. The molecule has 0 aliphatic rings. The van der Waals surface area contributed by atoms with Crippen molar-refractivity contribution in [2.24, 2.45) is 5.73 Å². The van der Waals surface area contributed by atoms with E-state index in [4.69, 9.17) is 11.0 Å². The van der Waals surface area contributed by atoms with Crippen LogP contribution in [0.5, 0.6) is 0 Å². The first-order valence-electron chi connectivity index (χ1n) is 3.96. The lowest BCUT2D eigenvalue weighted by atomic mass is 10.1. The molecule has 0 radical (unpaired) electrons. The topological polar surface area (TPSA) is 49.8 Å². The Labute approximate surface area is 63.0 Å². The predicted octanol–water partition coefficient (Wildman–Crippen LogP) is 1.81. The van der Waals surface area contributed by atoms with Crippen molar-refractivity contribution in [3.63, 3.8) is 0 Å². The van der Waals surface area contributed by atoms with Crippen LogP contribution in [0.1, 0.15) is 39.0 Å². The van der Waals surface area contributed by atoms with Crippen molar-refractivity contribution in [2.45, 2.75) is 45.1 Å². The molecule has 2 N–H and O–H groups in total. The van der Waals surface area contributed by atoms with Gasteiger partial charge in [-0.1, -0.05) is 32.6 Å². The van der Waals surface area contributed by atoms with Gasteiger partial charge in [0.1, 0.15) is 0 Å². The molecule has 0 aliphatic carbocycles. The van der Waals surface area contributed by atoms with Gasteiger partial charge in [-0.2, -0.15) is 5.26 Å². The zero-order valence-corrected chi connectivity index (χ0v) is 6.64. The molecular weight excluding hydrogens is 124 g/mol. The number of nitrogens with zero attached hydrogens (tertiary/aromatic N) is 1. The van der Waals surface area contributed by atoms with E-state index in [0.29, 0.717) is 0 Å². The number of hydrogen-bond acceptors (Lipinski definition) is 2. The summed E-state index contributed by atoms with van der Waals surface area (Å²) in [5.74, 6) is 0. The van der Waals surface area contributed by atoms with E-state index in [1.807, 2.05) is 6.07 Å². The van der Waals surface area contributed by atoms with Crippen molar-refractivity contribution in [2.75, 3.05) is 0 Å². The normalized spacial score (nSPS) is 12.5. The van der Waals surface area contributed by atoms with E-state index in [2.05, 4.69) is 6.92 Å². The van der Waals surface area contributed by atoms with E-state index in [0.717, 1.165) is 12.8 Å². The summed E-state index contributed by atoms with van der Waals surface area (Å²) in [6.07, 6.45) is 5.67. The predicted molar refractivity (Wildman–Crippen MR) is 42.3 cm³/mol. The molecule has 0 saturated carbocycles. The quantitative estimate of drug-likeness (QED) is 0.592. The third-order valence-electron chi connectivity index (χ3n) is 1.53. The van der Waals surface area contributed by atoms with Crippen molar-refractivity contribution in [3.05, 3.63) is 0 Å². The summed E-state index contributed by atoms with van der Waals surface area (Å²) in [6, 6.07) is 1.78. The van der Waals surface area contributed by atoms with Crippen molar-refractivity contribution < 1.29 is 0 Å². The van der Waals surface area contributed by atoms with Crippen LogP contribution in [0.2, 0.25) is 0 Å². The molecule has 0 rings (SSSR count). The Kier molecular flexibility index (Phi) is 6.21. The fourth-order valence-corrected chi connectivity index (χ4v) is 0.856. The summed E-state index contributed by atoms with van der Waals surface area (Å²) >= 11 is 0. The molecule has 1 atom stereocenters. The zero-order valence-electron chi connectivity index (χ0n) is 6.64. The molecule has 0 bridgehead atoms. The minimum absolute atomic E-state index is 0.239. The lowest BCUT2D eigenvalue weighted by Gasteiger charge is -2.00. The first-order chi connectivity index (χ1) is 4.81. The van der Waals surface area contributed by atoms with Gasteiger partial charge in [-0.3, -0.25) is 0 Å². The summed E-state index contributed by atoms with van der Waals surface area (Å²) in [5.41, 5.74) is 5.39. The highest BCUT2D eigenvalue weighted by Crippen LogP contribution is 2.03. The molecule has 0 aliphatic heterocycles. The molecule has 0 unspecified atom stereocenters. The highest BCUT2D eigenvalue weighted by atomic mass is 14.6. The van der Waals surface area contributed by atoms with Crippen LogP contribution in [0.25, 0.3) is 0 Å². The van der Waals surface area contributed by atoms with E-state index in [1.165, 1.54) is 19.3 Å². The molecule has 0 heterocycles. The van der Waals surface area contributed by atoms with Crippen molar-refractivity contribution in [1.29, 1.82) is 5.26 Å². The Morgan fingerprint density at radius 1 is 1.40 bits per heavy atom. The van der Waals surface area contributed by atoms with Crippen LogP contribution in [0.3, 0.4) is 0 Å². The first kappa shape index (κ1) is 9.45. The Balaban J connectivity index is 2.98. The summed E-state index contributed by atoms with van der Waals surface area (Å²) in [6.45, 7) is 2.17. The van der Waals surface area contributed by atoms with E-state index in [9.17, 15) is 0 Å². The van der Waals surface area contributed by atoms with E-state index >= 15 is 0 Å². The molecule has 0 aromatic heterocycles. The van der Waals surface area contributed by atoms with Gasteiger partial charge < -0.3 is 5.73 Å². The molecule has 0 aromatic rings. The fourth-order valence-electron chi connectivity index (χ4n) is 0.856. The molecule has 0 spiro atoms. The first-order valence-corrected chi connectivity index (χ1v) is 3.96. The van der Waals surface area contributed by atoms with E-state index in [-0.39, 0.29) is 6.04 Å². The Hall–Kier alpha value is -0.550. The Bertz CT molecular complexity index is 104. The molecular formula is C8H16N2.